The molecule has 2 atom stereocenters. The number of H-pyrrole nitrogens is 1. The van der Waals surface area contributed by atoms with Gasteiger partial charge in [-0.05, 0) is 84.5 Å². The maximum atomic E-state index is 13.5. The van der Waals surface area contributed by atoms with Crippen molar-refractivity contribution in [2.75, 3.05) is 19.7 Å². The summed E-state index contributed by atoms with van der Waals surface area (Å²) >= 11 is 6.33. The van der Waals surface area contributed by atoms with E-state index in [-0.39, 0.29) is 5.75 Å². The SMILES string of the molecule is CC1C=CN(CCCOc2ccc(C3c4[nH]c5ccc(Cl)cc5c4CCN3C(=O)Oc3ccc(F)cc3)cc2)N=CC1. The normalized spacial score (nSPS) is 18.2. The molecule has 0 spiro atoms. The molecule has 3 aromatic carbocycles. The lowest BCUT2D eigenvalue weighted by Gasteiger charge is -2.35. The molecular formula is C33H32ClFN4O3. The summed E-state index contributed by atoms with van der Waals surface area (Å²) < 4.78 is 25.1. The average molecular weight is 587 g/mol. The Kier molecular flexibility index (Phi) is 8.15. The van der Waals surface area contributed by atoms with Crippen LogP contribution in [0.4, 0.5) is 9.18 Å². The molecule has 0 bridgehead atoms. The molecule has 2 aliphatic heterocycles. The number of fused-ring (bicyclic) bond motifs is 3. The number of hydrazone groups is 1. The van der Waals surface area contributed by atoms with Crippen LogP contribution in [0, 0.1) is 11.7 Å². The maximum Gasteiger partial charge on any atom is 0.416 e. The van der Waals surface area contributed by atoms with Crippen molar-refractivity contribution in [3.8, 4) is 11.5 Å². The zero-order valence-electron chi connectivity index (χ0n) is 23.3. The lowest BCUT2D eigenvalue weighted by atomic mass is 9.92. The number of amides is 1. The molecule has 42 heavy (non-hydrogen) atoms. The fourth-order valence-corrected chi connectivity index (χ4v) is 5.61. The van der Waals surface area contributed by atoms with Crippen LogP contribution in [0.3, 0.4) is 0 Å². The number of hydrogen-bond donors (Lipinski definition) is 1. The Morgan fingerprint density at radius 2 is 1.88 bits per heavy atom. The third-order valence-corrected chi connectivity index (χ3v) is 7.87. The lowest BCUT2D eigenvalue weighted by Crippen LogP contribution is -2.42. The predicted molar refractivity (Wildman–Crippen MR) is 163 cm³/mol. The van der Waals surface area contributed by atoms with Crippen molar-refractivity contribution in [2.24, 2.45) is 11.0 Å². The Morgan fingerprint density at radius 1 is 1.10 bits per heavy atom. The number of carbonyl (C=O) groups excluding carboxylic acids is 1. The molecule has 7 nitrogen and oxygen atoms in total. The van der Waals surface area contributed by atoms with Gasteiger partial charge in [0, 0.05) is 53.5 Å². The largest absolute Gasteiger partial charge is 0.494 e. The second kappa shape index (κ2) is 12.3. The smallest absolute Gasteiger partial charge is 0.416 e. The van der Waals surface area contributed by atoms with Crippen LogP contribution < -0.4 is 9.47 Å². The minimum absolute atomic E-state index is 0.286. The van der Waals surface area contributed by atoms with Gasteiger partial charge in [-0.2, -0.15) is 5.10 Å². The standard InChI is InChI=1S/C33H32ClFN4O3/c1-22-13-16-36-38(18-14-22)17-2-20-41-26-8-3-23(4-9-26)32-31-28(29-21-24(34)5-12-30(29)37-31)15-19-39(32)33(40)42-27-10-6-25(35)7-11-27/h3-12,14,16,18,21-22,32,37H,2,13,15,17,19-20H2,1H3. The van der Waals surface area contributed by atoms with Crippen molar-refractivity contribution in [1.82, 2.24) is 14.9 Å². The highest BCUT2D eigenvalue weighted by Crippen LogP contribution is 2.40. The summed E-state index contributed by atoms with van der Waals surface area (Å²) in [4.78, 5) is 18.7. The van der Waals surface area contributed by atoms with Crippen molar-refractivity contribution >= 4 is 34.8 Å². The fraction of sp³-hybridized carbons (Fsp3) is 0.273. The first-order chi connectivity index (χ1) is 20.4. The second-order valence-electron chi connectivity index (χ2n) is 10.7. The van der Waals surface area contributed by atoms with E-state index in [0.29, 0.717) is 30.5 Å². The number of benzene rings is 3. The second-order valence-corrected chi connectivity index (χ2v) is 11.1. The Balaban J connectivity index is 1.20. The average Bonchev–Trinajstić information content (AvgIpc) is 3.23. The van der Waals surface area contributed by atoms with E-state index in [4.69, 9.17) is 21.1 Å². The van der Waals surface area contributed by atoms with E-state index in [1.165, 1.54) is 24.3 Å². The van der Waals surface area contributed by atoms with Crippen LogP contribution in [-0.4, -0.2) is 46.9 Å². The number of nitrogens with one attached hydrogen (secondary N) is 1. The Bertz CT molecular complexity index is 1620. The van der Waals surface area contributed by atoms with Crippen LogP contribution in [-0.2, 0) is 6.42 Å². The predicted octanol–water partition coefficient (Wildman–Crippen LogP) is 7.72. The van der Waals surface area contributed by atoms with Crippen LogP contribution in [0.2, 0.25) is 5.02 Å². The number of aromatic nitrogens is 1. The molecule has 2 unspecified atom stereocenters. The third-order valence-electron chi connectivity index (χ3n) is 7.63. The van der Waals surface area contributed by atoms with E-state index >= 15 is 0 Å². The molecular weight excluding hydrogens is 555 g/mol. The fourth-order valence-electron chi connectivity index (χ4n) is 5.44. The van der Waals surface area contributed by atoms with Gasteiger partial charge in [-0.25, -0.2) is 9.18 Å². The highest BCUT2D eigenvalue weighted by Gasteiger charge is 2.35. The van der Waals surface area contributed by atoms with Gasteiger partial charge in [0.2, 0.25) is 0 Å². The zero-order valence-corrected chi connectivity index (χ0v) is 24.1. The number of carbonyl (C=O) groups is 1. The monoisotopic (exact) mass is 586 g/mol. The molecule has 0 saturated heterocycles. The zero-order chi connectivity index (χ0) is 29.1. The molecule has 1 N–H and O–H groups in total. The van der Waals surface area contributed by atoms with E-state index in [9.17, 15) is 9.18 Å². The molecule has 0 saturated carbocycles. The first-order valence-corrected chi connectivity index (χ1v) is 14.6. The quantitative estimate of drug-likeness (QED) is 0.225. The van der Waals surface area contributed by atoms with Crippen LogP contribution in [0.5, 0.6) is 11.5 Å². The van der Waals surface area contributed by atoms with Crippen molar-refractivity contribution in [1.29, 1.82) is 0 Å². The summed E-state index contributed by atoms with van der Waals surface area (Å²) in [5.41, 5.74) is 3.92. The van der Waals surface area contributed by atoms with Crippen molar-refractivity contribution < 1.29 is 18.7 Å². The van der Waals surface area contributed by atoms with Crippen LogP contribution in [0.25, 0.3) is 10.9 Å². The molecule has 1 aromatic heterocycles. The molecule has 3 heterocycles. The van der Waals surface area contributed by atoms with E-state index in [2.05, 4.69) is 23.1 Å². The lowest BCUT2D eigenvalue weighted by molar-refractivity contribution is 0.135. The first kappa shape index (κ1) is 27.8. The van der Waals surface area contributed by atoms with E-state index < -0.39 is 18.0 Å². The van der Waals surface area contributed by atoms with Crippen LogP contribution in [0.15, 0.2) is 84.1 Å². The first-order valence-electron chi connectivity index (χ1n) is 14.2. The van der Waals surface area contributed by atoms with Gasteiger partial charge < -0.3 is 14.5 Å². The van der Waals surface area contributed by atoms with Gasteiger partial charge in [0.25, 0.3) is 0 Å². The summed E-state index contributed by atoms with van der Waals surface area (Å²) in [5.74, 6) is 1.14. The van der Waals surface area contributed by atoms with Crippen molar-refractivity contribution in [3.63, 3.8) is 0 Å². The van der Waals surface area contributed by atoms with Gasteiger partial charge in [0.15, 0.2) is 0 Å². The molecule has 216 valence electrons. The van der Waals surface area contributed by atoms with Crippen molar-refractivity contribution in [3.05, 3.63) is 107 Å². The molecule has 0 fully saturated rings. The van der Waals surface area contributed by atoms with Gasteiger partial charge in [-0.15, -0.1) is 0 Å². The summed E-state index contributed by atoms with van der Waals surface area (Å²) in [6, 6.07) is 18.6. The van der Waals surface area contributed by atoms with E-state index in [1.807, 2.05) is 59.9 Å². The highest BCUT2D eigenvalue weighted by atomic mass is 35.5. The van der Waals surface area contributed by atoms with E-state index in [1.54, 1.807) is 4.90 Å². The molecule has 2 aliphatic rings. The summed E-state index contributed by atoms with van der Waals surface area (Å²) in [5, 5.41) is 8.13. The molecule has 1 amide bonds. The van der Waals surface area contributed by atoms with Gasteiger partial charge in [0.1, 0.15) is 23.4 Å². The number of nitrogens with zero attached hydrogens (tertiary/aromatic N) is 3. The minimum atomic E-state index is -0.506. The Labute approximate surface area is 249 Å². The minimum Gasteiger partial charge on any atom is -0.494 e. The van der Waals surface area contributed by atoms with E-state index in [0.717, 1.165) is 52.9 Å². The summed E-state index contributed by atoms with van der Waals surface area (Å²) in [6.45, 7) is 3.95. The number of allylic oxidation sites excluding steroid dienone is 1. The molecule has 9 heteroatoms. The van der Waals surface area contributed by atoms with Gasteiger partial charge in [-0.1, -0.05) is 36.7 Å². The topological polar surface area (TPSA) is 70.2 Å². The summed E-state index contributed by atoms with van der Waals surface area (Å²) in [7, 11) is 0. The van der Waals surface area contributed by atoms with Gasteiger partial charge in [-0.3, -0.25) is 9.91 Å². The molecule has 0 radical (unpaired) electrons. The van der Waals surface area contributed by atoms with Gasteiger partial charge in [0.05, 0.1) is 6.61 Å². The third kappa shape index (κ3) is 6.14. The number of hydrogen-bond acceptors (Lipinski definition) is 5. The molecule has 0 aliphatic carbocycles. The molecule has 4 aromatic rings. The number of rotatable bonds is 7. The van der Waals surface area contributed by atoms with Crippen LogP contribution in [0.1, 0.15) is 42.6 Å². The highest BCUT2D eigenvalue weighted by molar-refractivity contribution is 6.31. The van der Waals surface area contributed by atoms with Crippen molar-refractivity contribution in [2.45, 2.75) is 32.2 Å². The number of aromatic amines is 1. The number of halogens is 2. The summed E-state index contributed by atoms with van der Waals surface area (Å²) in [6.07, 6.45) is 8.07. The number of ether oxygens (including phenoxy) is 2. The van der Waals surface area contributed by atoms with Gasteiger partial charge >= 0.3 is 6.09 Å². The maximum absolute atomic E-state index is 13.5. The Hall–Kier alpha value is -4.30. The van der Waals surface area contributed by atoms with Crippen LogP contribution >= 0.6 is 11.6 Å². The Morgan fingerprint density at radius 3 is 2.69 bits per heavy atom. The molecule has 6 rings (SSSR count).